The van der Waals surface area contributed by atoms with Gasteiger partial charge in [-0.1, -0.05) is 12.1 Å². The summed E-state index contributed by atoms with van der Waals surface area (Å²) >= 11 is 0. The highest BCUT2D eigenvalue weighted by Crippen LogP contribution is 2.20. The van der Waals surface area contributed by atoms with Crippen LogP contribution >= 0.6 is 0 Å². The summed E-state index contributed by atoms with van der Waals surface area (Å²) in [6.07, 6.45) is 3.87. The third-order valence-corrected chi connectivity index (χ3v) is 4.45. The van der Waals surface area contributed by atoms with Gasteiger partial charge in [0.1, 0.15) is 5.76 Å². The Bertz CT molecular complexity index is 690. The number of piperidine rings is 1. The molecule has 1 aromatic heterocycles. The fraction of sp³-hybridized carbons (Fsp3) is 0.474. The first-order valence-electron chi connectivity index (χ1n) is 8.76. The molecule has 0 bridgehead atoms. The minimum absolute atomic E-state index is 0.0473. The van der Waals surface area contributed by atoms with Crippen LogP contribution in [-0.4, -0.2) is 42.7 Å². The maximum atomic E-state index is 12.2. The van der Waals surface area contributed by atoms with Gasteiger partial charge in [0.15, 0.2) is 6.61 Å². The van der Waals surface area contributed by atoms with Crippen molar-refractivity contribution in [3.05, 3.63) is 41.7 Å². The summed E-state index contributed by atoms with van der Waals surface area (Å²) in [4.78, 5) is 16.3. The SMILES string of the molecule is Cc1cc(OCC(=O)N(C)Cc2ccc(N3CCCCC3)cc2)no1. The van der Waals surface area contributed by atoms with E-state index in [9.17, 15) is 4.79 Å². The van der Waals surface area contributed by atoms with Crippen molar-refractivity contribution in [3.8, 4) is 5.88 Å². The van der Waals surface area contributed by atoms with Crippen LogP contribution in [0.5, 0.6) is 5.88 Å². The van der Waals surface area contributed by atoms with E-state index in [1.54, 1.807) is 24.9 Å². The number of aromatic nitrogens is 1. The molecule has 0 saturated carbocycles. The second-order valence-electron chi connectivity index (χ2n) is 6.53. The Morgan fingerprint density at radius 2 is 1.96 bits per heavy atom. The number of benzene rings is 1. The van der Waals surface area contributed by atoms with E-state index in [1.807, 2.05) is 0 Å². The Labute approximate surface area is 148 Å². The van der Waals surface area contributed by atoms with Crippen LogP contribution in [0.4, 0.5) is 5.69 Å². The molecule has 25 heavy (non-hydrogen) atoms. The molecule has 3 rings (SSSR count). The van der Waals surface area contributed by atoms with E-state index in [-0.39, 0.29) is 12.5 Å². The fourth-order valence-electron chi connectivity index (χ4n) is 2.98. The molecule has 6 nitrogen and oxygen atoms in total. The second-order valence-corrected chi connectivity index (χ2v) is 6.53. The van der Waals surface area contributed by atoms with Crippen molar-refractivity contribution in [1.82, 2.24) is 10.1 Å². The first-order chi connectivity index (χ1) is 12.1. The number of likely N-dealkylation sites (N-methyl/N-ethyl adjacent to an activating group) is 1. The fourth-order valence-corrected chi connectivity index (χ4v) is 2.98. The van der Waals surface area contributed by atoms with Gasteiger partial charge in [0.05, 0.1) is 0 Å². The van der Waals surface area contributed by atoms with Crippen molar-refractivity contribution in [2.75, 3.05) is 31.6 Å². The summed E-state index contributed by atoms with van der Waals surface area (Å²) in [6.45, 7) is 4.56. The molecule has 1 aliphatic heterocycles. The first kappa shape index (κ1) is 17.3. The van der Waals surface area contributed by atoms with Gasteiger partial charge in [-0.15, -0.1) is 0 Å². The first-order valence-corrected chi connectivity index (χ1v) is 8.76. The van der Waals surface area contributed by atoms with Crippen molar-refractivity contribution in [2.45, 2.75) is 32.7 Å². The minimum atomic E-state index is -0.0965. The number of hydrogen-bond donors (Lipinski definition) is 0. The predicted octanol–water partition coefficient (Wildman–Crippen LogP) is 3.01. The number of aryl methyl sites for hydroxylation is 1. The smallest absolute Gasteiger partial charge is 0.260 e. The molecule has 0 radical (unpaired) electrons. The van der Waals surface area contributed by atoms with Crippen LogP contribution in [-0.2, 0) is 11.3 Å². The molecule has 1 saturated heterocycles. The maximum Gasteiger partial charge on any atom is 0.260 e. The van der Waals surface area contributed by atoms with E-state index in [4.69, 9.17) is 9.26 Å². The quantitative estimate of drug-likeness (QED) is 0.807. The molecule has 1 fully saturated rings. The molecule has 134 valence electrons. The highest BCUT2D eigenvalue weighted by molar-refractivity contribution is 5.77. The monoisotopic (exact) mass is 343 g/mol. The van der Waals surface area contributed by atoms with Crippen LogP contribution in [0.25, 0.3) is 0 Å². The number of carbonyl (C=O) groups is 1. The predicted molar refractivity (Wildman–Crippen MR) is 95.7 cm³/mol. The van der Waals surface area contributed by atoms with Crippen molar-refractivity contribution < 1.29 is 14.1 Å². The number of anilines is 1. The number of rotatable bonds is 6. The van der Waals surface area contributed by atoms with Gasteiger partial charge in [-0.2, -0.15) is 0 Å². The number of hydrogen-bond acceptors (Lipinski definition) is 5. The van der Waals surface area contributed by atoms with Crippen LogP contribution in [0.3, 0.4) is 0 Å². The summed E-state index contributed by atoms with van der Waals surface area (Å²) in [6, 6.07) is 10.1. The number of carbonyl (C=O) groups excluding carboxylic acids is 1. The molecule has 1 aliphatic rings. The van der Waals surface area contributed by atoms with E-state index in [0.29, 0.717) is 18.2 Å². The van der Waals surface area contributed by atoms with E-state index in [0.717, 1.165) is 18.7 Å². The normalized spacial score (nSPS) is 14.4. The Hall–Kier alpha value is -2.50. The Morgan fingerprint density at radius 3 is 2.60 bits per heavy atom. The van der Waals surface area contributed by atoms with Crippen molar-refractivity contribution in [1.29, 1.82) is 0 Å². The zero-order chi connectivity index (χ0) is 17.6. The third-order valence-electron chi connectivity index (χ3n) is 4.45. The standard InChI is InChI=1S/C19H25N3O3/c1-15-12-18(20-25-15)24-14-19(23)21(2)13-16-6-8-17(9-7-16)22-10-4-3-5-11-22/h6-9,12H,3-5,10-11,13-14H2,1-2H3. The van der Waals surface area contributed by atoms with Gasteiger partial charge in [0.2, 0.25) is 0 Å². The Kier molecular flexibility index (Phi) is 5.58. The topological polar surface area (TPSA) is 58.8 Å². The van der Waals surface area contributed by atoms with Gasteiger partial charge in [-0.25, -0.2) is 0 Å². The Balaban J connectivity index is 1.49. The summed E-state index contributed by atoms with van der Waals surface area (Å²) in [5, 5.41) is 3.71. The highest BCUT2D eigenvalue weighted by atomic mass is 16.5. The van der Waals surface area contributed by atoms with Crippen molar-refractivity contribution >= 4 is 11.6 Å². The molecule has 0 N–H and O–H groups in total. The molecule has 0 unspecified atom stereocenters. The summed E-state index contributed by atoms with van der Waals surface area (Å²) in [5.41, 5.74) is 2.37. The summed E-state index contributed by atoms with van der Waals surface area (Å²) < 4.78 is 10.3. The molecular formula is C19H25N3O3. The van der Waals surface area contributed by atoms with Crippen LogP contribution in [0.15, 0.2) is 34.9 Å². The lowest BCUT2D eigenvalue weighted by molar-refractivity contribution is -0.132. The van der Waals surface area contributed by atoms with E-state index in [2.05, 4.69) is 34.3 Å². The minimum Gasteiger partial charge on any atom is -0.465 e. The molecule has 1 aromatic carbocycles. The van der Waals surface area contributed by atoms with E-state index >= 15 is 0 Å². The molecule has 0 aliphatic carbocycles. The molecule has 2 aromatic rings. The van der Waals surface area contributed by atoms with Crippen molar-refractivity contribution in [2.24, 2.45) is 0 Å². The molecule has 0 spiro atoms. The largest absolute Gasteiger partial charge is 0.465 e. The molecule has 0 atom stereocenters. The van der Waals surface area contributed by atoms with Gasteiger partial charge in [0.25, 0.3) is 11.8 Å². The van der Waals surface area contributed by atoms with Gasteiger partial charge in [0, 0.05) is 38.4 Å². The molecule has 2 heterocycles. The van der Waals surface area contributed by atoms with Crippen molar-refractivity contribution in [3.63, 3.8) is 0 Å². The lowest BCUT2D eigenvalue weighted by Crippen LogP contribution is -2.31. The van der Waals surface area contributed by atoms with Crippen LogP contribution < -0.4 is 9.64 Å². The lowest BCUT2D eigenvalue weighted by atomic mass is 10.1. The summed E-state index contributed by atoms with van der Waals surface area (Å²) in [5.74, 6) is 0.899. The zero-order valence-corrected chi connectivity index (χ0v) is 14.9. The average Bonchev–Trinajstić information content (AvgIpc) is 3.06. The second kappa shape index (κ2) is 8.05. The molecule has 6 heteroatoms. The number of amides is 1. The zero-order valence-electron chi connectivity index (χ0n) is 14.9. The number of ether oxygens (including phenoxy) is 1. The maximum absolute atomic E-state index is 12.2. The Morgan fingerprint density at radius 1 is 1.24 bits per heavy atom. The van der Waals surface area contributed by atoms with Gasteiger partial charge in [-0.3, -0.25) is 4.79 Å². The van der Waals surface area contributed by atoms with Crippen LogP contribution in [0.2, 0.25) is 0 Å². The molecule has 1 amide bonds. The number of nitrogens with zero attached hydrogens (tertiary/aromatic N) is 3. The van der Waals surface area contributed by atoms with Gasteiger partial charge in [-0.05, 0) is 49.0 Å². The van der Waals surface area contributed by atoms with E-state index < -0.39 is 0 Å². The third kappa shape index (κ3) is 4.75. The van der Waals surface area contributed by atoms with Gasteiger partial charge >= 0.3 is 0 Å². The lowest BCUT2D eigenvalue weighted by Gasteiger charge is -2.29. The summed E-state index contributed by atoms with van der Waals surface area (Å²) in [7, 11) is 1.78. The van der Waals surface area contributed by atoms with Crippen LogP contribution in [0.1, 0.15) is 30.6 Å². The van der Waals surface area contributed by atoms with E-state index in [1.165, 1.54) is 24.9 Å². The van der Waals surface area contributed by atoms with Gasteiger partial charge < -0.3 is 19.1 Å². The highest BCUT2D eigenvalue weighted by Gasteiger charge is 2.13. The van der Waals surface area contributed by atoms with Crippen LogP contribution in [0, 0.1) is 6.92 Å². The average molecular weight is 343 g/mol. The molecular weight excluding hydrogens is 318 g/mol.